The molecule has 2 heterocycles. The van der Waals surface area contributed by atoms with Gasteiger partial charge in [-0.05, 0) is 43.2 Å². The van der Waals surface area contributed by atoms with Gasteiger partial charge in [-0.3, -0.25) is 24.6 Å². The van der Waals surface area contributed by atoms with Crippen LogP contribution in [0.5, 0.6) is 0 Å². The highest BCUT2D eigenvalue weighted by atomic mass is 32.1. The van der Waals surface area contributed by atoms with E-state index in [9.17, 15) is 14.4 Å². The molecule has 0 radical (unpaired) electrons. The van der Waals surface area contributed by atoms with Crippen molar-refractivity contribution in [1.29, 1.82) is 0 Å². The van der Waals surface area contributed by atoms with Crippen LogP contribution in [0, 0.1) is 11.8 Å². The summed E-state index contributed by atoms with van der Waals surface area (Å²) >= 11 is 1.40. The molecule has 7 heteroatoms. The molecule has 0 bridgehead atoms. The first-order valence-corrected chi connectivity index (χ1v) is 10.2. The fourth-order valence-corrected chi connectivity index (χ4v) is 4.80. The van der Waals surface area contributed by atoms with E-state index in [1.165, 1.54) is 16.2 Å². The van der Waals surface area contributed by atoms with Crippen molar-refractivity contribution in [2.24, 2.45) is 11.8 Å². The minimum Gasteiger partial charge on any atom is -0.298 e. The Morgan fingerprint density at radius 1 is 1.00 bits per heavy atom. The Morgan fingerprint density at radius 2 is 1.72 bits per heavy atom. The van der Waals surface area contributed by atoms with Gasteiger partial charge in [0.05, 0.1) is 27.7 Å². The lowest BCUT2D eigenvalue weighted by atomic mass is 9.85. The average Bonchev–Trinajstić information content (AvgIpc) is 3.26. The molecule has 2 aromatic carbocycles. The van der Waals surface area contributed by atoms with Crippen molar-refractivity contribution >= 4 is 50.1 Å². The first-order valence-electron chi connectivity index (χ1n) is 9.41. The highest BCUT2D eigenvalue weighted by Gasteiger charge is 2.47. The van der Waals surface area contributed by atoms with Crippen LogP contribution in [0.3, 0.4) is 0 Å². The number of hydrogen-bond acceptors (Lipinski definition) is 5. The molecule has 1 N–H and O–H groups in total. The molecule has 5 rings (SSSR count). The zero-order valence-electron chi connectivity index (χ0n) is 15.4. The van der Waals surface area contributed by atoms with E-state index in [2.05, 4.69) is 10.3 Å². The second-order valence-corrected chi connectivity index (χ2v) is 8.19. The number of nitrogens with one attached hydrogen (secondary N) is 1. The van der Waals surface area contributed by atoms with Gasteiger partial charge in [-0.15, -0.1) is 0 Å². The van der Waals surface area contributed by atoms with Crippen LogP contribution < -0.4 is 10.2 Å². The number of aromatic nitrogens is 1. The van der Waals surface area contributed by atoms with E-state index in [4.69, 9.17) is 0 Å². The third kappa shape index (κ3) is 3.03. The maximum atomic E-state index is 12.8. The number of allylic oxidation sites excluding steroid dienone is 2. The quantitative estimate of drug-likeness (QED) is 0.529. The fraction of sp³-hybridized carbons (Fsp3) is 0.182. The van der Waals surface area contributed by atoms with Gasteiger partial charge in [0.15, 0.2) is 5.13 Å². The molecule has 1 aliphatic carbocycles. The summed E-state index contributed by atoms with van der Waals surface area (Å²) < 4.78 is 0.987. The minimum atomic E-state index is -0.330. The largest absolute Gasteiger partial charge is 0.298 e. The van der Waals surface area contributed by atoms with Crippen LogP contribution in [-0.2, 0) is 9.59 Å². The van der Waals surface area contributed by atoms with Crippen LogP contribution in [0.4, 0.5) is 10.8 Å². The molecule has 3 amide bonds. The molecule has 0 unspecified atom stereocenters. The minimum absolute atomic E-state index is 0.187. The first kappa shape index (κ1) is 17.8. The van der Waals surface area contributed by atoms with Crippen molar-refractivity contribution in [2.75, 3.05) is 10.2 Å². The topological polar surface area (TPSA) is 79.4 Å². The molecular weight excluding hydrogens is 386 g/mol. The zero-order valence-corrected chi connectivity index (χ0v) is 16.2. The number of imide groups is 1. The summed E-state index contributed by atoms with van der Waals surface area (Å²) in [4.78, 5) is 43.9. The van der Waals surface area contributed by atoms with Crippen molar-refractivity contribution in [1.82, 2.24) is 4.98 Å². The van der Waals surface area contributed by atoms with E-state index in [0.29, 0.717) is 29.2 Å². The fourth-order valence-electron chi connectivity index (χ4n) is 3.94. The van der Waals surface area contributed by atoms with Crippen LogP contribution in [0.15, 0.2) is 60.7 Å². The molecule has 0 saturated carbocycles. The normalized spacial score (nSPS) is 20.9. The molecule has 1 fully saturated rings. The smallest absolute Gasteiger partial charge is 0.257 e. The monoisotopic (exact) mass is 403 g/mol. The second-order valence-electron chi connectivity index (χ2n) is 7.16. The molecule has 3 aromatic rings. The molecule has 29 heavy (non-hydrogen) atoms. The van der Waals surface area contributed by atoms with Crippen LogP contribution in [0.25, 0.3) is 10.2 Å². The van der Waals surface area contributed by atoms with Crippen molar-refractivity contribution < 1.29 is 14.4 Å². The van der Waals surface area contributed by atoms with Gasteiger partial charge in [-0.1, -0.05) is 41.7 Å². The Bertz CT molecular complexity index is 1120. The summed E-state index contributed by atoms with van der Waals surface area (Å²) in [6.45, 7) is 0. The van der Waals surface area contributed by atoms with E-state index in [0.717, 1.165) is 10.2 Å². The highest BCUT2D eigenvalue weighted by Crippen LogP contribution is 2.37. The average molecular weight is 403 g/mol. The van der Waals surface area contributed by atoms with Crippen LogP contribution in [-0.4, -0.2) is 22.7 Å². The van der Waals surface area contributed by atoms with Crippen molar-refractivity contribution in [3.05, 3.63) is 66.2 Å². The molecule has 2 atom stereocenters. The van der Waals surface area contributed by atoms with Gasteiger partial charge in [0, 0.05) is 5.56 Å². The Labute approximate surface area is 170 Å². The number of amides is 3. The van der Waals surface area contributed by atoms with Gasteiger partial charge in [-0.25, -0.2) is 4.98 Å². The number of carbonyl (C=O) groups excluding carboxylic acids is 3. The first-order chi connectivity index (χ1) is 14.1. The number of carbonyl (C=O) groups is 3. The highest BCUT2D eigenvalue weighted by molar-refractivity contribution is 7.22. The second kappa shape index (κ2) is 6.93. The van der Waals surface area contributed by atoms with Crippen LogP contribution >= 0.6 is 11.3 Å². The predicted molar refractivity (Wildman–Crippen MR) is 112 cm³/mol. The van der Waals surface area contributed by atoms with Crippen molar-refractivity contribution in [3.63, 3.8) is 0 Å². The van der Waals surface area contributed by atoms with Crippen LogP contribution in [0.2, 0.25) is 0 Å². The summed E-state index contributed by atoms with van der Waals surface area (Å²) in [6, 6.07) is 14.3. The van der Waals surface area contributed by atoms with E-state index in [1.54, 1.807) is 24.3 Å². The Kier molecular flexibility index (Phi) is 4.24. The Balaban J connectivity index is 1.40. The number of fused-ring (bicyclic) bond motifs is 2. The molecular formula is C22H17N3O3S. The number of para-hydroxylation sites is 1. The van der Waals surface area contributed by atoms with Gasteiger partial charge in [-0.2, -0.15) is 0 Å². The maximum Gasteiger partial charge on any atom is 0.257 e. The number of thiazole rings is 1. The number of benzene rings is 2. The third-order valence-electron chi connectivity index (χ3n) is 5.39. The Morgan fingerprint density at radius 3 is 2.45 bits per heavy atom. The van der Waals surface area contributed by atoms with Gasteiger partial charge in [0.25, 0.3) is 5.91 Å². The lowest BCUT2D eigenvalue weighted by molar-refractivity contribution is -0.122. The number of hydrogen-bond donors (Lipinski definition) is 1. The molecule has 6 nitrogen and oxygen atoms in total. The molecule has 144 valence electrons. The summed E-state index contributed by atoms with van der Waals surface area (Å²) in [5.41, 5.74) is 1.63. The Hall–Kier alpha value is -3.32. The van der Waals surface area contributed by atoms with Gasteiger partial charge in [0.1, 0.15) is 0 Å². The van der Waals surface area contributed by atoms with E-state index in [-0.39, 0.29) is 29.6 Å². The lowest BCUT2D eigenvalue weighted by Gasteiger charge is -2.15. The molecule has 1 saturated heterocycles. The number of rotatable bonds is 3. The SMILES string of the molecule is O=C(Nc1nc2ccccc2s1)c1cccc(N2C(=O)[C@@H]3CC=CC[C@H]3C2=O)c1. The van der Waals surface area contributed by atoms with Gasteiger partial charge < -0.3 is 0 Å². The predicted octanol–water partition coefficient (Wildman–Crippen LogP) is 4.00. The molecule has 1 aromatic heterocycles. The number of anilines is 2. The third-order valence-corrected chi connectivity index (χ3v) is 6.34. The standard InChI is InChI=1S/C22H17N3O3S/c26-19(24-22-23-17-10-3-4-11-18(17)29-22)13-6-5-7-14(12-13)25-20(27)15-8-1-2-9-16(15)21(25)28/h1-7,10-12,15-16H,8-9H2,(H,23,24,26)/t15-,16-/m1/s1. The summed E-state index contributed by atoms with van der Waals surface area (Å²) in [7, 11) is 0. The lowest BCUT2D eigenvalue weighted by Crippen LogP contribution is -2.31. The zero-order chi connectivity index (χ0) is 20.0. The van der Waals surface area contributed by atoms with Crippen molar-refractivity contribution in [3.8, 4) is 0 Å². The molecule has 0 spiro atoms. The summed E-state index contributed by atoms with van der Waals surface area (Å²) in [6.07, 6.45) is 5.09. The van der Waals surface area contributed by atoms with E-state index >= 15 is 0 Å². The van der Waals surface area contributed by atoms with E-state index in [1.807, 2.05) is 36.4 Å². The summed E-state index contributed by atoms with van der Waals surface area (Å²) in [5.74, 6) is -1.30. The summed E-state index contributed by atoms with van der Waals surface area (Å²) in [5, 5.41) is 3.31. The van der Waals surface area contributed by atoms with Crippen molar-refractivity contribution in [2.45, 2.75) is 12.8 Å². The molecule has 2 aliphatic rings. The van der Waals surface area contributed by atoms with Gasteiger partial charge >= 0.3 is 0 Å². The maximum absolute atomic E-state index is 12.8. The van der Waals surface area contributed by atoms with Gasteiger partial charge in [0.2, 0.25) is 11.8 Å². The number of nitrogens with zero attached hydrogens (tertiary/aromatic N) is 2. The van der Waals surface area contributed by atoms with E-state index < -0.39 is 0 Å². The van der Waals surface area contributed by atoms with Crippen LogP contribution in [0.1, 0.15) is 23.2 Å². The molecule has 1 aliphatic heterocycles.